The molecule has 0 unspecified atom stereocenters. The van der Waals surface area contributed by atoms with Crippen LogP contribution in [0, 0.1) is 10.1 Å². The van der Waals surface area contributed by atoms with Gasteiger partial charge in [0, 0.05) is 11.6 Å². The number of nitro benzene ring substituents is 1. The number of benzene rings is 1. The van der Waals surface area contributed by atoms with Gasteiger partial charge in [0.1, 0.15) is 12.9 Å². The van der Waals surface area contributed by atoms with E-state index in [9.17, 15) is 14.9 Å². The maximum absolute atomic E-state index is 10.8. The Morgan fingerprint density at radius 1 is 1.39 bits per heavy atom. The first-order valence-electron chi connectivity index (χ1n) is 5.08. The molecule has 0 amide bonds. The Hall–Kier alpha value is -2.21. The van der Waals surface area contributed by atoms with Gasteiger partial charge in [-0.1, -0.05) is 0 Å². The number of hydrogen-bond donors (Lipinski definition) is 0. The number of carbonyl (C=O) groups is 1. The Morgan fingerprint density at radius 3 is 2.83 bits per heavy atom. The van der Waals surface area contributed by atoms with Gasteiger partial charge < -0.3 is 4.74 Å². The third-order valence-electron chi connectivity index (χ3n) is 2.29. The van der Waals surface area contributed by atoms with E-state index in [0.717, 1.165) is 5.56 Å². The summed E-state index contributed by atoms with van der Waals surface area (Å²) in [6.07, 6.45) is 0.626. The van der Waals surface area contributed by atoms with Crippen molar-refractivity contribution in [2.24, 2.45) is 0 Å². The number of nitro groups is 1. The first kappa shape index (κ1) is 12.3. The highest BCUT2D eigenvalue weighted by atomic mass is 32.1. The smallest absolute Gasteiger partial charge is 0.310 e. The number of aldehydes is 1. The second-order valence-electron chi connectivity index (χ2n) is 3.52. The average Bonchev–Trinajstić information content (AvgIpc) is 2.88. The summed E-state index contributed by atoms with van der Waals surface area (Å²) in [5, 5.41) is 14.6. The van der Waals surface area contributed by atoms with Crippen LogP contribution in [0.4, 0.5) is 5.69 Å². The van der Waals surface area contributed by atoms with Crippen LogP contribution in [0.15, 0.2) is 35.0 Å². The molecule has 0 spiro atoms. The molecule has 92 valence electrons. The molecule has 0 aliphatic carbocycles. The number of ether oxygens (including phenoxy) is 1. The Balaban J connectivity index is 2.23. The zero-order valence-corrected chi connectivity index (χ0v) is 10.1. The number of nitrogens with zero attached hydrogens (tertiary/aromatic N) is 1. The molecule has 0 fully saturated rings. The normalized spacial score (nSPS) is 10.0. The lowest BCUT2D eigenvalue weighted by Gasteiger charge is -2.06. The fraction of sp³-hybridized carbons (Fsp3) is 0.0833. The third kappa shape index (κ3) is 2.72. The molecule has 0 saturated carbocycles. The SMILES string of the molecule is O=Cc1ccc([N+](=O)[O-])c(OCc2ccsc2)c1. The molecule has 0 radical (unpaired) electrons. The van der Waals surface area contributed by atoms with Crippen LogP contribution in [0.2, 0.25) is 0 Å². The van der Waals surface area contributed by atoms with Crippen LogP contribution in [0.1, 0.15) is 15.9 Å². The number of hydrogen-bond acceptors (Lipinski definition) is 5. The van der Waals surface area contributed by atoms with Gasteiger partial charge >= 0.3 is 5.69 Å². The topological polar surface area (TPSA) is 69.4 Å². The molecule has 6 heteroatoms. The highest BCUT2D eigenvalue weighted by Crippen LogP contribution is 2.28. The van der Waals surface area contributed by atoms with Crippen molar-refractivity contribution in [2.75, 3.05) is 0 Å². The van der Waals surface area contributed by atoms with Crippen LogP contribution in [0.25, 0.3) is 0 Å². The molecule has 18 heavy (non-hydrogen) atoms. The van der Waals surface area contributed by atoms with Crippen molar-refractivity contribution in [3.05, 3.63) is 56.3 Å². The Morgan fingerprint density at radius 2 is 2.22 bits per heavy atom. The monoisotopic (exact) mass is 263 g/mol. The molecular weight excluding hydrogens is 254 g/mol. The molecule has 0 saturated heterocycles. The van der Waals surface area contributed by atoms with Crippen molar-refractivity contribution < 1.29 is 14.5 Å². The first-order chi connectivity index (χ1) is 8.70. The van der Waals surface area contributed by atoms with Gasteiger partial charge in [-0.3, -0.25) is 14.9 Å². The summed E-state index contributed by atoms with van der Waals surface area (Å²) in [5.74, 6) is 0.107. The molecule has 1 aromatic heterocycles. The van der Waals surface area contributed by atoms with Crippen LogP contribution >= 0.6 is 11.3 Å². The quantitative estimate of drug-likeness (QED) is 0.472. The largest absolute Gasteiger partial charge is 0.482 e. The van der Waals surface area contributed by atoms with E-state index in [4.69, 9.17) is 4.74 Å². The molecular formula is C12H9NO4S. The Kier molecular flexibility index (Phi) is 3.69. The van der Waals surface area contributed by atoms with Crippen LogP contribution < -0.4 is 4.74 Å². The van der Waals surface area contributed by atoms with Crippen LogP contribution in [-0.2, 0) is 6.61 Å². The molecule has 0 atom stereocenters. The van der Waals surface area contributed by atoms with Crippen molar-refractivity contribution in [3.8, 4) is 5.75 Å². The van der Waals surface area contributed by atoms with Gasteiger partial charge in [-0.2, -0.15) is 11.3 Å². The van der Waals surface area contributed by atoms with E-state index in [1.165, 1.54) is 29.5 Å². The summed E-state index contributed by atoms with van der Waals surface area (Å²) >= 11 is 1.52. The van der Waals surface area contributed by atoms with E-state index in [0.29, 0.717) is 11.8 Å². The minimum Gasteiger partial charge on any atom is -0.482 e. The fourth-order valence-corrected chi connectivity index (χ4v) is 2.06. The summed E-state index contributed by atoms with van der Waals surface area (Å²) in [7, 11) is 0. The van der Waals surface area contributed by atoms with Crippen molar-refractivity contribution in [1.29, 1.82) is 0 Å². The van der Waals surface area contributed by atoms with Crippen molar-refractivity contribution >= 4 is 23.3 Å². The lowest BCUT2D eigenvalue weighted by atomic mass is 10.2. The molecule has 2 rings (SSSR count). The first-order valence-corrected chi connectivity index (χ1v) is 6.02. The van der Waals surface area contributed by atoms with E-state index in [-0.39, 0.29) is 18.0 Å². The number of thiophene rings is 1. The van der Waals surface area contributed by atoms with Crippen LogP contribution in [0.3, 0.4) is 0 Å². The highest BCUT2D eigenvalue weighted by Gasteiger charge is 2.15. The van der Waals surface area contributed by atoms with E-state index >= 15 is 0 Å². The summed E-state index contributed by atoms with van der Waals surface area (Å²) in [4.78, 5) is 20.9. The summed E-state index contributed by atoms with van der Waals surface area (Å²) in [5.41, 5.74) is 1.14. The second kappa shape index (κ2) is 5.42. The van der Waals surface area contributed by atoms with Gasteiger partial charge in [-0.25, -0.2) is 0 Å². The molecule has 0 N–H and O–H groups in total. The second-order valence-corrected chi connectivity index (χ2v) is 4.30. The van der Waals surface area contributed by atoms with Crippen molar-refractivity contribution in [1.82, 2.24) is 0 Å². The molecule has 0 bridgehead atoms. The summed E-state index contributed by atoms with van der Waals surface area (Å²) in [6.45, 7) is 0.243. The molecule has 5 nitrogen and oxygen atoms in total. The van der Waals surface area contributed by atoms with Gasteiger partial charge in [-0.05, 0) is 34.5 Å². The van der Waals surface area contributed by atoms with E-state index in [2.05, 4.69) is 0 Å². The lowest BCUT2D eigenvalue weighted by Crippen LogP contribution is -1.99. The van der Waals surface area contributed by atoms with Gasteiger partial charge in [0.2, 0.25) is 0 Å². The minimum absolute atomic E-state index is 0.107. The minimum atomic E-state index is -0.530. The Bertz CT molecular complexity index is 565. The molecule has 0 aliphatic heterocycles. The number of rotatable bonds is 5. The van der Waals surface area contributed by atoms with E-state index < -0.39 is 4.92 Å². The lowest BCUT2D eigenvalue weighted by molar-refractivity contribution is -0.385. The molecule has 2 aromatic rings. The maximum Gasteiger partial charge on any atom is 0.310 e. The number of carbonyl (C=O) groups excluding carboxylic acids is 1. The van der Waals surface area contributed by atoms with Gasteiger partial charge in [0.05, 0.1) is 4.92 Å². The van der Waals surface area contributed by atoms with E-state index in [1.807, 2.05) is 16.8 Å². The zero-order valence-electron chi connectivity index (χ0n) is 9.24. The van der Waals surface area contributed by atoms with E-state index in [1.54, 1.807) is 0 Å². The fourth-order valence-electron chi connectivity index (χ4n) is 1.41. The zero-order chi connectivity index (χ0) is 13.0. The van der Waals surface area contributed by atoms with Crippen molar-refractivity contribution in [2.45, 2.75) is 6.61 Å². The Labute approximate surface area is 107 Å². The predicted octanol–water partition coefficient (Wildman–Crippen LogP) is 3.05. The summed E-state index contributed by atoms with van der Waals surface area (Å²) < 4.78 is 5.39. The molecule has 1 aromatic carbocycles. The third-order valence-corrected chi connectivity index (χ3v) is 3.02. The van der Waals surface area contributed by atoms with Crippen LogP contribution in [-0.4, -0.2) is 11.2 Å². The molecule has 1 heterocycles. The van der Waals surface area contributed by atoms with Crippen molar-refractivity contribution in [3.63, 3.8) is 0 Å². The van der Waals surface area contributed by atoms with Crippen LogP contribution in [0.5, 0.6) is 5.75 Å². The van der Waals surface area contributed by atoms with Gasteiger partial charge in [0.25, 0.3) is 0 Å². The maximum atomic E-state index is 10.8. The highest BCUT2D eigenvalue weighted by molar-refractivity contribution is 7.07. The van der Waals surface area contributed by atoms with Gasteiger partial charge in [-0.15, -0.1) is 0 Å². The molecule has 0 aliphatic rings. The predicted molar refractivity (Wildman–Crippen MR) is 67.1 cm³/mol. The van der Waals surface area contributed by atoms with Gasteiger partial charge in [0.15, 0.2) is 5.75 Å². The summed E-state index contributed by atoms with van der Waals surface area (Å²) in [6, 6.07) is 5.91. The average molecular weight is 263 g/mol. The standard InChI is InChI=1S/C12H9NO4S/c14-6-9-1-2-11(13(15)16)12(5-9)17-7-10-3-4-18-8-10/h1-6,8H,7H2.